The second-order valence-electron chi connectivity index (χ2n) is 6.00. The average Bonchev–Trinajstić information content (AvgIpc) is 2.89. The summed E-state index contributed by atoms with van der Waals surface area (Å²) in [5.74, 6) is 1.37. The van der Waals surface area contributed by atoms with Crippen LogP contribution < -0.4 is 0 Å². The highest BCUT2D eigenvalue weighted by atomic mass is 79.9. The van der Waals surface area contributed by atoms with E-state index in [2.05, 4.69) is 76.0 Å². The van der Waals surface area contributed by atoms with Gasteiger partial charge < -0.3 is 0 Å². The van der Waals surface area contributed by atoms with Gasteiger partial charge in [0.25, 0.3) is 0 Å². The van der Waals surface area contributed by atoms with Gasteiger partial charge in [-0.3, -0.25) is 0 Å². The number of benzene rings is 1. The maximum absolute atomic E-state index is 5.56. The first kappa shape index (κ1) is 16.3. The van der Waals surface area contributed by atoms with Crippen LogP contribution in [0.25, 0.3) is 0 Å². The van der Waals surface area contributed by atoms with E-state index >= 15 is 0 Å². The van der Waals surface area contributed by atoms with Crippen molar-refractivity contribution in [3.63, 3.8) is 0 Å². The first-order chi connectivity index (χ1) is 9.45. The van der Waals surface area contributed by atoms with E-state index in [0.717, 1.165) is 22.2 Å². The Morgan fingerprint density at radius 1 is 1.20 bits per heavy atom. The normalized spacial score (nSPS) is 23.9. The smallest absolute Gasteiger partial charge is 0.0567 e. The van der Waals surface area contributed by atoms with Crippen LogP contribution in [0.3, 0.4) is 0 Å². The molecule has 0 N–H and O–H groups in total. The van der Waals surface area contributed by atoms with Gasteiger partial charge in [0.2, 0.25) is 0 Å². The number of hydrogen-bond donors (Lipinski definition) is 0. The van der Waals surface area contributed by atoms with E-state index < -0.39 is 0 Å². The van der Waals surface area contributed by atoms with Gasteiger partial charge in [0.1, 0.15) is 0 Å². The zero-order chi connectivity index (χ0) is 14.8. The van der Waals surface area contributed by atoms with Gasteiger partial charge >= 0.3 is 0 Å². The molecule has 1 fully saturated rings. The molecule has 0 aromatic heterocycles. The van der Waals surface area contributed by atoms with Gasteiger partial charge in [-0.2, -0.15) is 0 Å². The molecule has 3 heteroatoms. The Hall–Kier alpha value is -0.0500. The first-order valence-electron chi connectivity index (χ1n) is 6.81. The number of allylic oxidation sites excluding steroid dienone is 2. The molecular weight excluding hydrogens is 399 g/mol. The van der Waals surface area contributed by atoms with E-state index in [1.807, 2.05) is 6.08 Å². The standard InChI is InChI=1S/C17H19Br2Cl/c1-17(2)14(15(17)11-16(18)19)10-13-7-5-12(6-8-13)4-3-9-20/h3,5-9,11,14-15H,4,10H2,1-2H3/b9-3-/t14-,15+/m1/s1. The Morgan fingerprint density at radius 2 is 1.80 bits per heavy atom. The summed E-state index contributed by atoms with van der Waals surface area (Å²) in [5.41, 5.74) is 4.70. The number of halogens is 3. The summed E-state index contributed by atoms with van der Waals surface area (Å²) >= 11 is 12.5. The van der Waals surface area contributed by atoms with Crippen LogP contribution in [-0.4, -0.2) is 0 Å². The highest BCUT2D eigenvalue weighted by molar-refractivity contribution is 9.28. The van der Waals surface area contributed by atoms with Crippen molar-refractivity contribution < 1.29 is 0 Å². The molecule has 2 atom stereocenters. The quantitative estimate of drug-likeness (QED) is 0.517. The number of rotatable bonds is 5. The maximum Gasteiger partial charge on any atom is 0.0567 e. The summed E-state index contributed by atoms with van der Waals surface area (Å²) in [7, 11) is 0. The van der Waals surface area contributed by atoms with Gasteiger partial charge in [0.05, 0.1) is 3.39 Å². The lowest BCUT2D eigenvalue weighted by Crippen LogP contribution is -1.95. The molecule has 0 bridgehead atoms. The third kappa shape index (κ3) is 3.99. The van der Waals surface area contributed by atoms with Crippen LogP contribution in [0.2, 0.25) is 0 Å². The predicted molar refractivity (Wildman–Crippen MR) is 95.5 cm³/mol. The summed E-state index contributed by atoms with van der Waals surface area (Å²) in [6.07, 6.45) is 6.30. The molecule has 0 amide bonds. The zero-order valence-electron chi connectivity index (χ0n) is 11.7. The van der Waals surface area contributed by atoms with Gasteiger partial charge in [-0.15, -0.1) is 0 Å². The Bertz CT molecular complexity index is 510. The van der Waals surface area contributed by atoms with Crippen molar-refractivity contribution in [3.8, 4) is 0 Å². The molecule has 108 valence electrons. The van der Waals surface area contributed by atoms with E-state index in [-0.39, 0.29) is 0 Å². The monoisotopic (exact) mass is 416 g/mol. The van der Waals surface area contributed by atoms with E-state index in [9.17, 15) is 0 Å². The van der Waals surface area contributed by atoms with E-state index in [0.29, 0.717) is 11.3 Å². The summed E-state index contributed by atoms with van der Waals surface area (Å²) in [5, 5.41) is 0. The van der Waals surface area contributed by atoms with Crippen molar-refractivity contribution in [2.45, 2.75) is 26.7 Å². The molecule has 20 heavy (non-hydrogen) atoms. The molecule has 0 radical (unpaired) electrons. The fourth-order valence-corrected chi connectivity index (χ4v) is 3.55. The van der Waals surface area contributed by atoms with Crippen LogP contribution in [0.1, 0.15) is 25.0 Å². The Labute approximate surface area is 143 Å². The lowest BCUT2D eigenvalue weighted by atomic mass is 10.0. The van der Waals surface area contributed by atoms with Gasteiger partial charge in [-0.25, -0.2) is 0 Å². The third-order valence-corrected chi connectivity index (χ3v) is 5.07. The molecule has 1 saturated carbocycles. The van der Waals surface area contributed by atoms with E-state index in [1.54, 1.807) is 5.54 Å². The van der Waals surface area contributed by atoms with Crippen molar-refractivity contribution in [1.29, 1.82) is 0 Å². The van der Waals surface area contributed by atoms with Crippen molar-refractivity contribution in [3.05, 3.63) is 56.5 Å². The first-order valence-corrected chi connectivity index (χ1v) is 8.83. The minimum Gasteiger partial charge on any atom is -0.0933 e. The minimum atomic E-state index is 0.396. The second-order valence-corrected chi connectivity index (χ2v) is 9.02. The third-order valence-electron chi connectivity index (χ3n) is 4.37. The van der Waals surface area contributed by atoms with Crippen LogP contribution in [0.4, 0.5) is 0 Å². The molecule has 0 unspecified atom stereocenters. The number of hydrogen-bond acceptors (Lipinski definition) is 0. The lowest BCUT2D eigenvalue weighted by molar-refractivity contribution is 0.549. The van der Waals surface area contributed by atoms with Crippen LogP contribution in [0, 0.1) is 17.3 Å². The van der Waals surface area contributed by atoms with Gasteiger partial charge in [-0.05, 0) is 73.1 Å². The lowest BCUT2D eigenvalue weighted by Gasteiger charge is -2.04. The van der Waals surface area contributed by atoms with Gasteiger partial charge in [0.15, 0.2) is 0 Å². The summed E-state index contributed by atoms with van der Waals surface area (Å²) in [4.78, 5) is 0. The largest absolute Gasteiger partial charge is 0.0933 e. The summed E-state index contributed by atoms with van der Waals surface area (Å²) < 4.78 is 1.06. The highest BCUT2D eigenvalue weighted by Crippen LogP contribution is 2.61. The topological polar surface area (TPSA) is 0 Å². The minimum absolute atomic E-state index is 0.396. The van der Waals surface area contributed by atoms with Crippen molar-refractivity contribution in [2.24, 2.45) is 17.3 Å². The average molecular weight is 419 g/mol. The van der Waals surface area contributed by atoms with E-state index in [1.165, 1.54) is 11.1 Å². The molecule has 0 spiro atoms. The molecule has 0 aliphatic heterocycles. The Kier molecular flexibility index (Phi) is 5.56. The molecule has 1 aromatic rings. The van der Waals surface area contributed by atoms with Crippen LogP contribution in [0.5, 0.6) is 0 Å². The van der Waals surface area contributed by atoms with Gasteiger partial charge in [-0.1, -0.05) is 61.9 Å². The molecule has 0 heterocycles. The molecule has 0 nitrogen and oxygen atoms in total. The maximum atomic E-state index is 5.56. The highest BCUT2D eigenvalue weighted by Gasteiger charge is 2.55. The Balaban J connectivity index is 1.99. The predicted octanol–water partition coefficient (Wildman–Crippen LogP) is 6.43. The fourth-order valence-electron chi connectivity index (χ4n) is 2.89. The second kappa shape index (κ2) is 6.81. The Morgan fingerprint density at radius 3 is 2.35 bits per heavy atom. The SMILES string of the molecule is CC1(C)[C@H](Cc2ccc(C/C=C\Cl)cc2)[C@@H]1C=C(Br)Br. The van der Waals surface area contributed by atoms with Crippen LogP contribution >= 0.6 is 43.5 Å². The molecule has 0 saturated heterocycles. The van der Waals surface area contributed by atoms with Crippen LogP contribution in [0.15, 0.2) is 45.3 Å². The molecule has 1 aromatic carbocycles. The van der Waals surface area contributed by atoms with Crippen LogP contribution in [-0.2, 0) is 12.8 Å². The zero-order valence-corrected chi connectivity index (χ0v) is 15.7. The molecule has 1 aliphatic carbocycles. The molecule has 2 rings (SSSR count). The molecular formula is C17H19Br2Cl. The molecule has 1 aliphatic rings. The van der Waals surface area contributed by atoms with E-state index in [4.69, 9.17) is 11.6 Å². The van der Waals surface area contributed by atoms with Crippen molar-refractivity contribution in [1.82, 2.24) is 0 Å². The van der Waals surface area contributed by atoms with Crippen molar-refractivity contribution >= 4 is 43.5 Å². The van der Waals surface area contributed by atoms with Gasteiger partial charge in [0, 0.05) is 5.54 Å². The fraction of sp³-hybridized carbons (Fsp3) is 0.412. The van der Waals surface area contributed by atoms with Crippen molar-refractivity contribution in [2.75, 3.05) is 0 Å². The summed E-state index contributed by atoms with van der Waals surface area (Å²) in [6, 6.07) is 8.89. The summed E-state index contributed by atoms with van der Waals surface area (Å²) in [6.45, 7) is 4.70.